The maximum absolute atomic E-state index is 12.5. The second kappa shape index (κ2) is 4.99. The quantitative estimate of drug-likeness (QED) is 0.827. The van der Waals surface area contributed by atoms with Crippen LogP contribution in [-0.2, 0) is 28.6 Å². The van der Waals surface area contributed by atoms with Gasteiger partial charge in [-0.15, -0.1) is 0 Å². The van der Waals surface area contributed by atoms with Crippen LogP contribution in [0.3, 0.4) is 0 Å². The van der Waals surface area contributed by atoms with Gasteiger partial charge in [-0.1, -0.05) is 12.1 Å². The van der Waals surface area contributed by atoms with E-state index in [1.807, 2.05) is 0 Å². The van der Waals surface area contributed by atoms with Crippen LogP contribution in [0.25, 0.3) is 0 Å². The highest BCUT2D eigenvalue weighted by atomic mass is 19.4. The average Bonchev–Trinajstić information content (AvgIpc) is 2.15. The van der Waals surface area contributed by atoms with Crippen molar-refractivity contribution in [3.8, 4) is 0 Å². The van der Waals surface area contributed by atoms with Gasteiger partial charge < -0.3 is 9.90 Å². The van der Waals surface area contributed by atoms with Gasteiger partial charge in [-0.05, 0) is 17.2 Å². The van der Waals surface area contributed by atoms with E-state index in [1.54, 1.807) is 0 Å². The largest absolute Gasteiger partial charge is 0.481 e. The maximum Gasteiger partial charge on any atom is 0.416 e. The third-order valence-corrected chi connectivity index (χ3v) is 2.13. The van der Waals surface area contributed by atoms with Crippen molar-refractivity contribution in [1.29, 1.82) is 0 Å². The van der Waals surface area contributed by atoms with Crippen molar-refractivity contribution >= 4 is 12.3 Å². The van der Waals surface area contributed by atoms with E-state index in [4.69, 9.17) is 5.11 Å². The number of benzene rings is 1. The van der Waals surface area contributed by atoms with E-state index in [1.165, 1.54) is 0 Å². The predicted octanol–water partition coefficient (Wildman–Crippen LogP) is 2.07. The molecular weight excluding hydrogens is 237 g/mol. The van der Waals surface area contributed by atoms with Crippen LogP contribution in [0.2, 0.25) is 0 Å². The Labute approximate surface area is 94.9 Å². The van der Waals surface area contributed by atoms with E-state index in [9.17, 15) is 22.8 Å². The Hall–Kier alpha value is -1.85. The molecule has 0 spiro atoms. The number of hydrogen-bond acceptors (Lipinski definition) is 2. The normalized spacial score (nSPS) is 11.2. The summed E-state index contributed by atoms with van der Waals surface area (Å²) in [4.78, 5) is 20.7. The number of carbonyl (C=O) groups is 2. The Morgan fingerprint density at radius 1 is 1.35 bits per heavy atom. The molecule has 1 aromatic rings. The van der Waals surface area contributed by atoms with Crippen molar-refractivity contribution in [2.75, 3.05) is 0 Å². The standard InChI is InChI=1S/C11H9F3O3/c12-11(13,14)9-2-1-7(6-10(16)17)5-8(9)3-4-15/h1-2,4-5H,3,6H2,(H,16,17). The summed E-state index contributed by atoms with van der Waals surface area (Å²) in [5, 5.41) is 8.53. The van der Waals surface area contributed by atoms with E-state index in [0.717, 1.165) is 18.2 Å². The molecular formula is C11H9F3O3. The van der Waals surface area contributed by atoms with Gasteiger partial charge in [-0.2, -0.15) is 13.2 Å². The fraction of sp³-hybridized carbons (Fsp3) is 0.273. The van der Waals surface area contributed by atoms with Crippen LogP contribution in [0.15, 0.2) is 18.2 Å². The summed E-state index contributed by atoms with van der Waals surface area (Å²) >= 11 is 0. The first-order valence-corrected chi connectivity index (χ1v) is 4.69. The van der Waals surface area contributed by atoms with Crippen molar-refractivity contribution in [1.82, 2.24) is 0 Å². The predicted molar refractivity (Wildman–Crippen MR) is 52.6 cm³/mol. The topological polar surface area (TPSA) is 54.4 Å². The molecule has 0 unspecified atom stereocenters. The molecule has 0 aliphatic rings. The smallest absolute Gasteiger partial charge is 0.416 e. The molecule has 92 valence electrons. The van der Waals surface area contributed by atoms with E-state index < -0.39 is 17.7 Å². The van der Waals surface area contributed by atoms with E-state index >= 15 is 0 Å². The molecule has 0 saturated carbocycles. The molecule has 3 nitrogen and oxygen atoms in total. The molecule has 6 heteroatoms. The minimum absolute atomic E-state index is 0.203. The second-order valence-electron chi connectivity index (χ2n) is 3.43. The Morgan fingerprint density at radius 2 is 2.00 bits per heavy atom. The number of rotatable bonds is 4. The van der Waals surface area contributed by atoms with Crippen LogP contribution in [0.4, 0.5) is 13.2 Å². The van der Waals surface area contributed by atoms with Crippen LogP contribution in [0.1, 0.15) is 16.7 Å². The van der Waals surface area contributed by atoms with Crippen LogP contribution in [-0.4, -0.2) is 17.4 Å². The number of hydrogen-bond donors (Lipinski definition) is 1. The first kappa shape index (κ1) is 13.2. The van der Waals surface area contributed by atoms with Crippen molar-refractivity contribution in [2.45, 2.75) is 19.0 Å². The summed E-state index contributed by atoms with van der Waals surface area (Å²) in [7, 11) is 0. The molecule has 0 heterocycles. The number of carbonyl (C=O) groups excluding carboxylic acids is 1. The Kier molecular flexibility index (Phi) is 3.88. The van der Waals surface area contributed by atoms with Gasteiger partial charge in [0.05, 0.1) is 12.0 Å². The first-order valence-electron chi connectivity index (χ1n) is 4.69. The zero-order chi connectivity index (χ0) is 13.1. The average molecular weight is 246 g/mol. The van der Waals surface area contributed by atoms with Crippen LogP contribution in [0.5, 0.6) is 0 Å². The summed E-state index contributed by atoms with van der Waals surface area (Å²) in [5.41, 5.74) is -0.868. The van der Waals surface area contributed by atoms with Crippen LogP contribution < -0.4 is 0 Å². The minimum atomic E-state index is -4.54. The molecule has 1 N–H and O–H groups in total. The highest BCUT2D eigenvalue weighted by Crippen LogP contribution is 2.32. The maximum atomic E-state index is 12.5. The number of aliphatic carboxylic acids is 1. The van der Waals surface area contributed by atoms with Gasteiger partial charge in [-0.3, -0.25) is 4.79 Å². The van der Waals surface area contributed by atoms with Gasteiger partial charge in [0.2, 0.25) is 0 Å². The minimum Gasteiger partial charge on any atom is -0.481 e. The Balaban J connectivity index is 3.16. The molecule has 0 amide bonds. The molecule has 0 aromatic heterocycles. The number of aldehydes is 1. The van der Waals surface area contributed by atoms with Gasteiger partial charge in [0, 0.05) is 6.42 Å². The molecule has 0 atom stereocenters. The Morgan fingerprint density at radius 3 is 2.47 bits per heavy atom. The van der Waals surface area contributed by atoms with Crippen molar-refractivity contribution < 1.29 is 27.9 Å². The number of carboxylic acids is 1. The van der Waals surface area contributed by atoms with Gasteiger partial charge in [-0.25, -0.2) is 0 Å². The first-order chi connectivity index (χ1) is 7.84. The van der Waals surface area contributed by atoms with E-state index in [2.05, 4.69) is 0 Å². The molecule has 0 radical (unpaired) electrons. The van der Waals surface area contributed by atoms with Gasteiger partial charge in [0.1, 0.15) is 6.29 Å². The van der Waals surface area contributed by atoms with E-state index in [0.29, 0.717) is 6.29 Å². The van der Waals surface area contributed by atoms with Crippen LogP contribution in [0, 0.1) is 0 Å². The molecule has 0 bridgehead atoms. The van der Waals surface area contributed by atoms with Crippen molar-refractivity contribution in [3.63, 3.8) is 0 Å². The molecule has 0 saturated heterocycles. The molecule has 0 aliphatic heterocycles. The fourth-order valence-electron chi connectivity index (χ4n) is 1.47. The lowest BCUT2D eigenvalue weighted by molar-refractivity contribution is -0.138. The summed E-state index contributed by atoms with van der Waals surface area (Å²) in [5.74, 6) is -1.14. The van der Waals surface area contributed by atoms with E-state index in [-0.39, 0.29) is 24.0 Å². The number of alkyl halides is 3. The van der Waals surface area contributed by atoms with Gasteiger partial charge >= 0.3 is 12.1 Å². The Bertz CT molecular complexity index is 438. The molecule has 1 aromatic carbocycles. The molecule has 1 rings (SSSR count). The van der Waals surface area contributed by atoms with Crippen LogP contribution >= 0.6 is 0 Å². The fourth-order valence-corrected chi connectivity index (χ4v) is 1.47. The third kappa shape index (κ3) is 3.58. The number of carboxylic acid groups (broad SMARTS) is 1. The highest BCUT2D eigenvalue weighted by molar-refractivity contribution is 5.70. The van der Waals surface area contributed by atoms with Gasteiger partial charge in [0.25, 0.3) is 0 Å². The number of halogens is 3. The summed E-state index contributed by atoms with van der Waals surface area (Å²) in [6.45, 7) is 0. The highest BCUT2D eigenvalue weighted by Gasteiger charge is 2.33. The zero-order valence-corrected chi connectivity index (χ0v) is 8.62. The van der Waals surface area contributed by atoms with Crippen molar-refractivity contribution in [2.24, 2.45) is 0 Å². The zero-order valence-electron chi connectivity index (χ0n) is 8.62. The lowest BCUT2D eigenvalue weighted by Crippen LogP contribution is -2.11. The lowest BCUT2D eigenvalue weighted by atomic mass is 10.00. The summed E-state index contributed by atoms with van der Waals surface area (Å²) in [6, 6.07) is 3.01. The lowest BCUT2D eigenvalue weighted by Gasteiger charge is -2.12. The summed E-state index contributed by atoms with van der Waals surface area (Å²) in [6.07, 6.45) is -4.94. The third-order valence-electron chi connectivity index (χ3n) is 2.13. The SMILES string of the molecule is O=CCc1cc(CC(=O)O)ccc1C(F)(F)F. The monoisotopic (exact) mass is 246 g/mol. The second-order valence-corrected chi connectivity index (χ2v) is 3.43. The van der Waals surface area contributed by atoms with Gasteiger partial charge in [0.15, 0.2) is 0 Å². The summed E-state index contributed by atoms with van der Waals surface area (Å²) < 4.78 is 37.6. The molecule has 0 fully saturated rings. The van der Waals surface area contributed by atoms with Crippen molar-refractivity contribution in [3.05, 3.63) is 34.9 Å². The molecule has 17 heavy (non-hydrogen) atoms. The molecule has 0 aliphatic carbocycles.